The molecule has 2 heterocycles. The van der Waals surface area contributed by atoms with Crippen molar-refractivity contribution in [2.45, 2.75) is 76.0 Å². The molecular weight excluding hydrogens is 378 g/mol. The second-order valence-corrected chi connectivity index (χ2v) is 8.82. The molecular formula is C24H29N3O3. The maximum absolute atomic E-state index is 12.9. The van der Waals surface area contributed by atoms with Gasteiger partial charge in [0, 0.05) is 12.1 Å². The van der Waals surface area contributed by atoms with Crippen LogP contribution in [0.1, 0.15) is 73.1 Å². The average Bonchev–Trinajstić information content (AvgIpc) is 2.79. The van der Waals surface area contributed by atoms with Crippen LogP contribution in [0.15, 0.2) is 35.1 Å². The van der Waals surface area contributed by atoms with Gasteiger partial charge in [-0.25, -0.2) is 4.68 Å². The van der Waals surface area contributed by atoms with Crippen LogP contribution in [0.25, 0.3) is 0 Å². The number of aryl methyl sites for hydroxylation is 2. The van der Waals surface area contributed by atoms with Crippen molar-refractivity contribution in [3.63, 3.8) is 0 Å². The quantitative estimate of drug-likeness (QED) is 0.849. The van der Waals surface area contributed by atoms with Crippen LogP contribution in [0.4, 0.5) is 0 Å². The Morgan fingerprint density at radius 3 is 2.70 bits per heavy atom. The molecule has 1 amide bonds. The summed E-state index contributed by atoms with van der Waals surface area (Å²) in [4.78, 5) is 25.5. The molecule has 1 atom stereocenters. The summed E-state index contributed by atoms with van der Waals surface area (Å²) in [6.07, 6.45) is 8.03. The smallest absolute Gasteiger partial charge is 0.267 e. The van der Waals surface area contributed by atoms with Crippen LogP contribution < -0.4 is 10.9 Å². The minimum absolute atomic E-state index is 0.0235. The molecule has 1 aromatic heterocycles. The van der Waals surface area contributed by atoms with E-state index in [0.29, 0.717) is 6.61 Å². The number of nitrogens with one attached hydrogen (secondary N) is 1. The molecule has 158 valence electrons. The zero-order chi connectivity index (χ0) is 20.5. The molecule has 1 aromatic carbocycles. The van der Waals surface area contributed by atoms with Gasteiger partial charge in [-0.05, 0) is 74.5 Å². The Labute approximate surface area is 176 Å². The van der Waals surface area contributed by atoms with Crippen LogP contribution in [-0.2, 0) is 28.8 Å². The monoisotopic (exact) mass is 407 g/mol. The van der Waals surface area contributed by atoms with Crippen LogP contribution in [0, 0.1) is 0 Å². The number of carbonyl (C=O) groups is 1. The lowest BCUT2D eigenvalue weighted by atomic mass is 9.90. The number of hydrogen-bond donors (Lipinski definition) is 1. The first-order valence-electron chi connectivity index (χ1n) is 11.3. The molecule has 2 aliphatic carbocycles. The topological polar surface area (TPSA) is 73.2 Å². The predicted octanol–water partition coefficient (Wildman–Crippen LogP) is 3.04. The second kappa shape index (κ2) is 8.34. The van der Waals surface area contributed by atoms with Gasteiger partial charge in [0.2, 0.25) is 0 Å². The van der Waals surface area contributed by atoms with Crippen molar-refractivity contribution < 1.29 is 9.53 Å². The van der Waals surface area contributed by atoms with Crippen LogP contribution in [0.3, 0.4) is 0 Å². The third-order valence-corrected chi connectivity index (χ3v) is 6.85. The van der Waals surface area contributed by atoms with Gasteiger partial charge in [-0.3, -0.25) is 9.59 Å². The van der Waals surface area contributed by atoms with E-state index in [0.717, 1.165) is 74.6 Å². The van der Waals surface area contributed by atoms with E-state index in [9.17, 15) is 9.59 Å². The summed E-state index contributed by atoms with van der Waals surface area (Å²) in [5, 5.41) is 7.91. The Balaban J connectivity index is 1.22. The number of aromatic nitrogens is 2. The van der Waals surface area contributed by atoms with E-state index in [1.807, 2.05) is 18.2 Å². The molecule has 1 fully saturated rings. The van der Waals surface area contributed by atoms with Gasteiger partial charge in [0.25, 0.3) is 11.5 Å². The molecule has 0 spiro atoms. The van der Waals surface area contributed by atoms with Gasteiger partial charge >= 0.3 is 0 Å². The van der Waals surface area contributed by atoms with Gasteiger partial charge < -0.3 is 10.1 Å². The largest absolute Gasteiger partial charge is 0.363 e. The fraction of sp³-hybridized carbons (Fsp3) is 0.542. The van der Waals surface area contributed by atoms with Crippen molar-refractivity contribution >= 4 is 5.91 Å². The van der Waals surface area contributed by atoms with Crippen molar-refractivity contribution in [2.24, 2.45) is 0 Å². The Hall–Kier alpha value is -2.47. The SMILES string of the molecule is O=C(NC1CCC(n2nc3c(cc2=O)CCCC3)CC1)C1OCCc2ccccc21. The van der Waals surface area contributed by atoms with Crippen molar-refractivity contribution in [3.8, 4) is 0 Å². The van der Waals surface area contributed by atoms with Crippen molar-refractivity contribution in [2.75, 3.05) is 6.61 Å². The zero-order valence-electron chi connectivity index (χ0n) is 17.3. The van der Waals surface area contributed by atoms with Crippen molar-refractivity contribution in [1.29, 1.82) is 0 Å². The number of ether oxygens (including phenoxy) is 1. The average molecular weight is 408 g/mol. The standard InChI is InChI=1S/C24H29N3O3/c28-22-15-17-6-2-4-8-21(17)26-27(22)19-11-9-18(10-12-19)25-24(29)23-20-7-3-1-5-16(20)13-14-30-23/h1,3,5,7,15,18-19,23H,2,4,6,8-14H2,(H,25,29). The normalized spacial score (nSPS) is 25.8. The number of carbonyl (C=O) groups excluding carboxylic acids is 1. The van der Waals surface area contributed by atoms with Gasteiger partial charge in [-0.1, -0.05) is 24.3 Å². The Morgan fingerprint density at radius 1 is 1.03 bits per heavy atom. The molecule has 2 aromatic rings. The van der Waals surface area contributed by atoms with Gasteiger partial charge in [-0.15, -0.1) is 0 Å². The number of amides is 1. The fourth-order valence-electron chi connectivity index (χ4n) is 5.19. The van der Waals surface area contributed by atoms with Crippen LogP contribution in [0.5, 0.6) is 0 Å². The van der Waals surface area contributed by atoms with Gasteiger partial charge in [0.1, 0.15) is 0 Å². The summed E-state index contributed by atoms with van der Waals surface area (Å²) in [6, 6.07) is 10.1. The summed E-state index contributed by atoms with van der Waals surface area (Å²) in [7, 11) is 0. The van der Waals surface area contributed by atoms with Crippen molar-refractivity contribution in [3.05, 3.63) is 63.1 Å². The number of rotatable bonds is 3. The molecule has 3 aliphatic rings. The Bertz CT molecular complexity index is 991. The van der Waals surface area contributed by atoms with E-state index in [-0.39, 0.29) is 23.6 Å². The second-order valence-electron chi connectivity index (χ2n) is 8.82. The van der Waals surface area contributed by atoms with E-state index in [1.54, 1.807) is 10.7 Å². The Kier molecular flexibility index (Phi) is 5.42. The van der Waals surface area contributed by atoms with Gasteiger partial charge in [-0.2, -0.15) is 5.10 Å². The molecule has 30 heavy (non-hydrogen) atoms. The zero-order valence-corrected chi connectivity index (χ0v) is 17.3. The summed E-state index contributed by atoms with van der Waals surface area (Å²) in [6.45, 7) is 0.578. The van der Waals surface area contributed by atoms with Gasteiger partial charge in [0.05, 0.1) is 18.3 Å². The predicted molar refractivity (Wildman–Crippen MR) is 113 cm³/mol. The van der Waals surface area contributed by atoms with E-state index in [2.05, 4.69) is 11.4 Å². The van der Waals surface area contributed by atoms with Crippen LogP contribution in [-0.4, -0.2) is 28.3 Å². The molecule has 0 bridgehead atoms. The molecule has 6 nitrogen and oxygen atoms in total. The molecule has 1 aliphatic heterocycles. The Morgan fingerprint density at radius 2 is 1.83 bits per heavy atom. The number of fused-ring (bicyclic) bond motifs is 2. The first-order chi connectivity index (χ1) is 14.7. The minimum atomic E-state index is -0.516. The number of nitrogens with zero attached hydrogens (tertiary/aromatic N) is 2. The highest BCUT2D eigenvalue weighted by atomic mass is 16.5. The third kappa shape index (κ3) is 3.81. The van der Waals surface area contributed by atoms with Crippen LogP contribution >= 0.6 is 0 Å². The van der Waals surface area contributed by atoms with E-state index in [1.165, 1.54) is 5.56 Å². The van der Waals surface area contributed by atoms with E-state index >= 15 is 0 Å². The van der Waals surface area contributed by atoms with Crippen LogP contribution in [0.2, 0.25) is 0 Å². The minimum Gasteiger partial charge on any atom is -0.363 e. The fourth-order valence-corrected chi connectivity index (χ4v) is 5.19. The molecule has 5 rings (SSSR count). The molecule has 1 N–H and O–H groups in total. The first-order valence-corrected chi connectivity index (χ1v) is 11.3. The lowest BCUT2D eigenvalue weighted by Gasteiger charge is -2.32. The summed E-state index contributed by atoms with van der Waals surface area (Å²) in [5.41, 5.74) is 4.45. The highest BCUT2D eigenvalue weighted by molar-refractivity contribution is 5.83. The molecule has 0 saturated heterocycles. The first kappa shape index (κ1) is 19.5. The number of benzene rings is 1. The summed E-state index contributed by atoms with van der Waals surface area (Å²) in [5.74, 6) is -0.0466. The number of hydrogen-bond acceptors (Lipinski definition) is 4. The molecule has 1 unspecified atom stereocenters. The summed E-state index contributed by atoms with van der Waals surface area (Å²) < 4.78 is 7.51. The van der Waals surface area contributed by atoms with E-state index < -0.39 is 6.10 Å². The molecule has 6 heteroatoms. The maximum atomic E-state index is 12.9. The highest BCUT2D eigenvalue weighted by Crippen LogP contribution is 2.30. The summed E-state index contributed by atoms with van der Waals surface area (Å²) >= 11 is 0. The maximum Gasteiger partial charge on any atom is 0.267 e. The molecule has 0 radical (unpaired) electrons. The van der Waals surface area contributed by atoms with Crippen molar-refractivity contribution in [1.82, 2.24) is 15.1 Å². The van der Waals surface area contributed by atoms with E-state index in [4.69, 9.17) is 9.84 Å². The van der Waals surface area contributed by atoms with Gasteiger partial charge in [0.15, 0.2) is 6.10 Å². The molecule has 1 saturated carbocycles. The third-order valence-electron chi connectivity index (χ3n) is 6.85. The highest BCUT2D eigenvalue weighted by Gasteiger charge is 2.31. The lowest BCUT2D eigenvalue weighted by Crippen LogP contribution is -2.43. The lowest BCUT2D eigenvalue weighted by molar-refractivity contribution is -0.135.